The van der Waals surface area contributed by atoms with Crippen LogP contribution in [-0.2, 0) is 0 Å². The van der Waals surface area contributed by atoms with Crippen molar-refractivity contribution < 1.29 is 4.74 Å². The van der Waals surface area contributed by atoms with E-state index >= 15 is 0 Å². The van der Waals surface area contributed by atoms with Crippen molar-refractivity contribution in [2.24, 2.45) is 0 Å². The van der Waals surface area contributed by atoms with Gasteiger partial charge in [-0.2, -0.15) is 5.26 Å². The van der Waals surface area contributed by atoms with Crippen LogP contribution < -0.4 is 10.1 Å². The van der Waals surface area contributed by atoms with Crippen LogP contribution in [0.4, 0.5) is 0 Å². The summed E-state index contributed by atoms with van der Waals surface area (Å²) in [5.74, 6) is 0.851. The van der Waals surface area contributed by atoms with Crippen molar-refractivity contribution >= 4 is 10.9 Å². The van der Waals surface area contributed by atoms with Crippen LogP contribution in [-0.4, -0.2) is 24.2 Å². The highest BCUT2D eigenvalue weighted by atomic mass is 16.5. The topological polar surface area (TPSA) is 57.9 Å². The standard InChI is InChI=1S/C17H21N3O/c1-3-17(13-18,19-2)10-6-12-21-16-9-4-8-15-14(16)7-5-11-20-15/h4-5,7-9,11,19H,3,6,10,12H2,1-2H3. The first-order valence-corrected chi connectivity index (χ1v) is 7.31. The number of hydrogen-bond donors (Lipinski definition) is 1. The molecule has 0 fully saturated rings. The number of nitriles is 1. The molecule has 21 heavy (non-hydrogen) atoms. The van der Waals surface area contributed by atoms with Crippen LogP contribution in [0.5, 0.6) is 5.75 Å². The third-order valence-electron chi connectivity index (χ3n) is 3.91. The van der Waals surface area contributed by atoms with Crippen LogP contribution in [0.2, 0.25) is 0 Å². The molecule has 0 aliphatic carbocycles. The lowest BCUT2D eigenvalue weighted by atomic mass is 9.92. The third-order valence-corrected chi connectivity index (χ3v) is 3.91. The number of ether oxygens (including phenoxy) is 1. The number of rotatable bonds is 7. The zero-order chi connectivity index (χ0) is 15.1. The molecule has 1 N–H and O–H groups in total. The van der Waals surface area contributed by atoms with E-state index in [4.69, 9.17) is 4.74 Å². The van der Waals surface area contributed by atoms with E-state index in [0.29, 0.717) is 6.61 Å². The fourth-order valence-electron chi connectivity index (χ4n) is 2.43. The molecule has 0 saturated heterocycles. The molecule has 2 aromatic rings. The smallest absolute Gasteiger partial charge is 0.128 e. The Morgan fingerprint density at radius 2 is 2.19 bits per heavy atom. The van der Waals surface area contributed by atoms with Gasteiger partial charge in [0.05, 0.1) is 18.2 Å². The van der Waals surface area contributed by atoms with Crippen molar-refractivity contribution in [2.75, 3.05) is 13.7 Å². The summed E-state index contributed by atoms with van der Waals surface area (Å²) in [6.07, 6.45) is 4.18. The first kappa shape index (κ1) is 15.3. The molecule has 1 unspecified atom stereocenters. The van der Waals surface area contributed by atoms with Gasteiger partial charge in [0, 0.05) is 11.6 Å². The lowest BCUT2D eigenvalue weighted by Crippen LogP contribution is -2.41. The maximum Gasteiger partial charge on any atom is 0.128 e. The zero-order valence-electron chi connectivity index (χ0n) is 12.6. The fourth-order valence-corrected chi connectivity index (χ4v) is 2.43. The number of aromatic nitrogens is 1. The molecule has 0 amide bonds. The van der Waals surface area contributed by atoms with Crippen LogP contribution >= 0.6 is 0 Å². The highest BCUT2D eigenvalue weighted by Crippen LogP contribution is 2.24. The Morgan fingerprint density at radius 1 is 1.33 bits per heavy atom. The van der Waals surface area contributed by atoms with Crippen molar-refractivity contribution in [1.29, 1.82) is 5.26 Å². The summed E-state index contributed by atoms with van der Waals surface area (Å²) in [5, 5.41) is 13.4. The number of fused-ring (bicyclic) bond motifs is 1. The predicted octanol–water partition coefficient (Wildman–Crippen LogP) is 3.29. The van der Waals surface area contributed by atoms with Gasteiger partial charge < -0.3 is 10.1 Å². The minimum atomic E-state index is -0.441. The molecule has 1 aromatic carbocycles. The van der Waals surface area contributed by atoms with Gasteiger partial charge in [-0.1, -0.05) is 13.0 Å². The third kappa shape index (κ3) is 3.50. The second-order valence-corrected chi connectivity index (χ2v) is 5.08. The summed E-state index contributed by atoms with van der Waals surface area (Å²) in [6, 6.07) is 12.2. The molecule has 0 aliphatic heterocycles. The second-order valence-electron chi connectivity index (χ2n) is 5.08. The maximum atomic E-state index is 9.27. The molecule has 4 heteroatoms. The average Bonchev–Trinajstić information content (AvgIpc) is 2.56. The van der Waals surface area contributed by atoms with Gasteiger partial charge in [-0.15, -0.1) is 0 Å². The minimum Gasteiger partial charge on any atom is -0.493 e. The van der Waals surface area contributed by atoms with Gasteiger partial charge in [0.2, 0.25) is 0 Å². The van der Waals surface area contributed by atoms with Crippen molar-refractivity contribution in [3.05, 3.63) is 36.5 Å². The summed E-state index contributed by atoms with van der Waals surface area (Å²) in [7, 11) is 1.84. The molecule has 0 radical (unpaired) electrons. The molecular weight excluding hydrogens is 262 g/mol. The number of benzene rings is 1. The van der Waals surface area contributed by atoms with E-state index in [2.05, 4.69) is 16.4 Å². The Hall–Kier alpha value is -2.12. The number of nitrogens with zero attached hydrogens (tertiary/aromatic N) is 2. The van der Waals surface area contributed by atoms with Gasteiger partial charge in [0.1, 0.15) is 11.3 Å². The van der Waals surface area contributed by atoms with Crippen LogP contribution in [0.3, 0.4) is 0 Å². The average molecular weight is 283 g/mol. The highest BCUT2D eigenvalue weighted by Gasteiger charge is 2.24. The molecule has 0 spiro atoms. The minimum absolute atomic E-state index is 0.441. The van der Waals surface area contributed by atoms with Crippen LogP contribution in [0.25, 0.3) is 10.9 Å². The number of pyridine rings is 1. The second kappa shape index (κ2) is 7.05. The Kier molecular flexibility index (Phi) is 5.13. The predicted molar refractivity (Wildman–Crippen MR) is 84.2 cm³/mol. The first-order chi connectivity index (χ1) is 10.2. The van der Waals surface area contributed by atoms with Crippen molar-refractivity contribution in [3.63, 3.8) is 0 Å². The van der Waals surface area contributed by atoms with Gasteiger partial charge >= 0.3 is 0 Å². The maximum absolute atomic E-state index is 9.27. The van der Waals surface area contributed by atoms with Gasteiger partial charge in [-0.3, -0.25) is 4.98 Å². The summed E-state index contributed by atoms with van der Waals surface area (Å²) in [5.41, 5.74) is 0.495. The van der Waals surface area contributed by atoms with E-state index in [-0.39, 0.29) is 0 Å². The summed E-state index contributed by atoms with van der Waals surface area (Å²) < 4.78 is 5.87. The highest BCUT2D eigenvalue weighted by molar-refractivity contribution is 5.84. The summed E-state index contributed by atoms with van der Waals surface area (Å²) in [4.78, 5) is 4.32. The Labute approximate surface area is 125 Å². The van der Waals surface area contributed by atoms with Crippen molar-refractivity contribution in [2.45, 2.75) is 31.7 Å². The molecule has 1 heterocycles. The quantitative estimate of drug-likeness (QED) is 0.792. The molecule has 110 valence electrons. The van der Waals surface area contributed by atoms with Crippen LogP contribution in [0, 0.1) is 11.3 Å². The van der Waals surface area contributed by atoms with Crippen LogP contribution in [0.15, 0.2) is 36.5 Å². The number of nitrogens with one attached hydrogen (secondary N) is 1. The van der Waals surface area contributed by atoms with E-state index in [9.17, 15) is 5.26 Å². The van der Waals surface area contributed by atoms with E-state index in [1.165, 1.54) is 0 Å². The molecule has 2 rings (SSSR count). The molecule has 0 bridgehead atoms. The molecule has 1 aromatic heterocycles. The molecule has 0 aliphatic rings. The Balaban J connectivity index is 1.96. The Bertz CT molecular complexity index is 624. The van der Waals surface area contributed by atoms with E-state index in [0.717, 1.165) is 35.9 Å². The molecule has 4 nitrogen and oxygen atoms in total. The lowest BCUT2D eigenvalue weighted by Gasteiger charge is -2.24. The van der Waals surface area contributed by atoms with Crippen molar-refractivity contribution in [3.8, 4) is 11.8 Å². The Morgan fingerprint density at radius 3 is 2.90 bits per heavy atom. The lowest BCUT2D eigenvalue weighted by molar-refractivity contribution is 0.284. The van der Waals surface area contributed by atoms with E-state index in [1.807, 2.05) is 44.3 Å². The SMILES string of the molecule is CCC(C#N)(CCCOc1cccc2ncccc12)NC. The van der Waals surface area contributed by atoms with Gasteiger partial charge in [-0.05, 0) is 50.6 Å². The van der Waals surface area contributed by atoms with Gasteiger partial charge in [0.15, 0.2) is 0 Å². The van der Waals surface area contributed by atoms with E-state index in [1.54, 1.807) is 6.20 Å². The molecular formula is C17H21N3O. The zero-order valence-corrected chi connectivity index (χ0v) is 12.6. The molecule has 0 saturated carbocycles. The molecule has 1 atom stereocenters. The first-order valence-electron chi connectivity index (χ1n) is 7.31. The normalized spacial score (nSPS) is 13.6. The largest absolute Gasteiger partial charge is 0.493 e. The summed E-state index contributed by atoms with van der Waals surface area (Å²) in [6.45, 7) is 2.62. The van der Waals surface area contributed by atoms with Gasteiger partial charge in [0.25, 0.3) is 0 Å². The van der Waals surface area contributed by atoms with E-state index < -0.39 is 5.54 Å². The van der Waals surface area contributed by atoms with Gasteiger partial charge in [-0.25, -0.2) is 0 Å². The monoisotopic (exact) mass is 283 g/mol. The van der Waals surface area contributed by atoms with Crippen LogP contribution in [0.1, 0.15) is 26.2 Å². The van der Waals surface area contributed by atoms with Crippen molar-refractivity contribution in [1.82, 2.24) is 10.3 Å². The fraction of sp³-hybridized carbons (Fsp3) is 0.412. The summed E-state index contributed by atoms with van der Waals surface area (Å²) >= 11 is 0. The number of hydrogen-bond acceptors (Lipinski definition) is 4.